The summed E-state index contributed by atoms with van der Waals surface area (Å²) in [6.07, 6.45) is 0. The van der Waals surface area contributed by atoms with Gasteiger partial charge in [-0.1, -0.05) is 23.2 Å². The molecular formula is C12H13Cl2N5. The summed E-state index contributed by atoms with van der Waals surface area (Å²) < 4.78 is 0. The van der Waals surface area contributed by atoms with Gasteiger partial charge >= 0.3 is 0 Å². The molecule has 19 heavy (non-hydrogen) atoms. The normalized spacial score (nSPS) is 15.8. The maximum atomic E-state index is 6.01. The van der Waals surface area contributed by atoms with Gasteiger partial charge in [0, 0.05) is 31.7 Å². The van der Waals surface area contributed by atoms with E-state index in [1.54, 1.807) is 12.1 Å². The molecule has 2 aromatic rings. The number of hydrogen-bond acceptors (Lipinski definition) is 4. The summed E-state index contributed by atoms with van der Waals surface area (Å²) in [5.74, 6) is 1.43. The van der Waals surface area contributed by atoms with Gasteiger partial charge in [0.1, 0.15) is 0 Å². The van der Waals surface area contributed by atoms with E-state index in [-0.39, 0.29) is 0 Å². The highest BCUT2D eigenvalue weighted by Gasteiger charge is 2.15. The van der Waals surface area contributed by atoms with Crippen LogP contribution in [-0.2, 0) is 0 Å². The molecule has 2 heterocycles. The Morgan fingerprint density at radius 3 is 2.63 bits per heavy atom. The Kier molecular flexibility index (Phi) is 3.59. The fraction of sp³-hybridized carbons (Fsp3) is 0.333. The third-order valence-corrected chi connectivity index (χ3v) is 3.81. The zero-order valence-corrected chi connectivity index (χ0v) is 11.7. The second-order valence-corrected chi connectivity index (χ2v) is 5.16. The van der Waals surface area contributed by atoms with Gasteiger partial charge in [-0.2, -0.15) is 4.98 Å². The lowest BCUT2D eigenvalue weighted by atomic mass is 10.2. The largest absolute Gasteiger partial charge is 0.337 e. The van der Waals surface area contributed by atoms with Crippen LogP contribution in [-0.4, -0.2) is 41.4 Å². The van der Waals surface area contributed by atoms with Crippen LogP contribution in [0.15, 0.2) is 18.2 Å². The van der Waals surface area contributed by atoms with E-state index in [9.17, 15) is 0 Å². The quantitative estimate of drug-likeness (QED) is 0.892. The van der Waals surface area contributed by atoms with Gasteiger partial charge in [-0.15, -0.1) is 5.10 Å². The summed E-state index contributed by atoms with van der Waals surface area (Å²) in [4.78, 5) is 6.65. The molecule has 1 aliphatic rings. The summed E-state index contributed by atoms with van der Waals surface area (Å²) >= 11 is 11.9. The zero-order valence-electron chi connectivity index (χ0n) is 10.2. The molecule has 1 saturated heterocycles. The Balaban J connectivity index is 1.85. The predicted octanol–water partition coefficient (Wildman–Crippen LogP) is 2.19. The van der Waals surface area contributed by atoms with E-state index in [0.717, 1.165) is 37.7 Å². The smallest absolute Gasteiger partial charge is 0.245 e. The number of H-pyrrole nitrogens is 1. The molecule has 0 unspecified atom stereocenters. The molecule has 100 valence electrons. The van der Waals surface area contributed by atoms with Gasteiger partial charge < -0.3 is 10.2 Å². The first kappa shape index (κ1) is 12.7. The van der Waals surface area contributed by atoms with Crippen LogP contribution in [0.3, 0.4) is 0 Å². The van der Waals surface area contributed by atoms with Crippen molar-refractivity contribution in [2.24, 2.45) is 0 Å². The van der Waals surface area contributed by atoms with E-state index in [2.05, 4.69) is 25.4 Å². The van der Waals surface area contributed by atoms with E-state index in [4.69, 9.17) is 23.2 Å². The number of anilines is 1. The molecule has 0 aliphatic carbocycles. The van der Waals surface area contributed by atoms with Gasteiger partial charge in [0.2, 0.25) is 5.95 Å². The first-order valence-electron chi connectivity index (χ1n) is 6.07. The van der Waals surface area contributed by atoms with E-state index >= 15 is 0 Å². The van der Waals surface area contributed by atoms with Crippen molar-refractivity contribution >= 4 is 29.2 Å². The number of hydrogen-bond donors (Lipinski definition) is 2. The van der Waals surface area contributed by atoms with Crippen molar-refractivity contribution in [1.29, 1.82) is 0 Å². The van der Waals surface area contributed by atoms with Crippen molar-refractivity contribution < 1.29 is 0 Å². The number of benzene rings is 1. The average Bonchev–Trinajstić information content (AvgIpc) is 2.93. The van der Waals surface area contributed by atoms with E-state index in [1.807, 2.05) is 6.07 Å². The van der Waals surface area contributed by atoms with Gasteiger partial charge in [-0.3, -0.25) is 5.10 Å². The van der Waals surface area contributed by atoms with Gasteiger partial charge in [0.25, 0.3) is 0 Å². The lowest BCUT2D eigenvalue weighted by Crippen LogP contribution is -2.44. The molecule has 0 bridgehead atoms. The first-order valence-corrected chi connectivity index (χ1v) is 6.83. The molecule has 2 N–H and O–H groups in total. The number of nitrogens with zero attached hydrogens (tertiary/aromatic N) is 3. The lowest BCUT2D eigenvalue weighted by Gasteiger charge is -2.25. The Hall–Kier alpha value is -1.30. The Labute approximate surface area is 120 Å². The van der Waals surface area contributed by atoms with Crippen LogP contribution < -0.4 is 10.2 Å². The summed E-state index contributed by atoms with van der Waals surface area (Å²) in [6.45, 7) is 3.74. The van der Waals surface area contributed by atoms with E-state index in [0.29, 0.717) is 15.9 Å². The predicted molar refractivity (Wildman–Crippen MR) is 76.9 cm³/mol. The third kappa shape index (κ3) is 2.68. The van der Waals surface area contributed by atoms with Gasteiger partial charge in [-0.25, -0.2) is 0 Å². The number of rotatable bonds is 2. The molecule has 3 rings (SSSR count). The molecule has 7 heteroatoms. The van der Waals surface area contributed by atoms with Crippen LogP contribution in [0.25, 0.3) is 11.4 Å². The topological polar surface area (TPSA) is 56.8 Å². The molecule has 0 saturated carbocycles. The fourth-order valence-electron chi connectivity index (χ4n) is 2.03. The standard InChI is InChI=1S/C12H13Cl2N5/c13-9-2-1-8(7-10(9)14)11-16-12(18-17-11)19-5-3-15-4-6-19/h1-2,7,15H,3-6H2,(H,16,17,18). The number of aromatic nitrogens is 3. The molecular weight excluding hydrogens is 285 g/mol. The number of aromatic amines is 1. The molecule has 1 aromatic carbocycles. The highest BCUT2D eigenvalue weighted by molar-refractivity contribution is 6.42. The third-order valence-electron chi connectivity index (χ3n) is 3.07. The van der Waals surface area contributed by atoms with Crippen molar-refractivity contribution in [3.8, 4) is 11.4 Å². The van der Waals surface area contributed by atoms with Gasteiger partial charge in [0.15, 0.2) is 5.82 Å². The molecule has 0 spiro atoms. The number of piperazine rings is 1. The lowest BCUT2D eigenvalue weighted by molar-refractivity contribution is 0.580. The Morgan fingerprint density at radius 1 is 1.11 bits per heavy atom. The monoisotopic (exact) mass is 297 g/mol. The number of halogens is 2. The molecule has 1 aliphatic heterocycles. The molecule has 0 amide bonds. The molecule has 0 atom stereocenters. The SMILES string of the molecule is Clc1ccc(-c2nc(N3CCNCC3)n[nH]2)cc1Cl. The second-order valence-electron chi connectivity index (χ2n) is 4.35. The van der Waals surface area contributed by atoms with Crippen molar-refractivity contribution in [3.63, 3.8) is 0 Å². The van der Waals surface area contributed by atoms with Crippen LogP contribution in [0, 0.1) is 0 Å². The van der Waals surface area contributed by atoms with Gasteiger partial charge in [-0.05, 0) is 18.2 Å². The summed E-state index contributed by atoms with van der Waals surface area (Å²) in [6, 6.07) is 5.41. The average molecular weight is 298 g/mol. The van der Waals surface area contributed by atoms with E-state index < -0.39 is 0 Å². The van der Waals surface area contributed by atoms with E-state index in [1.165, 1.54) is 0 Å². The minimum Gasteiger partial charge on any atom is -0.337 e. The summed E-state index contributed by atoms with van der Waals surface area (Å²) in [7, 11) is 0. The van der Waals surface area contributed by atoms with Crippen molar-refractivity contribution in [1.82, 2.24) is 20.5 Å². The highest BCUT2D eigenvalue weighted by Crippen LogP contribution is 2.27. The minimum atomic E-state index is 0.513. The van der Waals surface area contributed by atoms with Crippen LogP contribution in [0.1, 0.15) is 0 Å². The minimum absolute atomic E-state index is 0.513. The highest BCUT2D eigenvalue weighted by atomic mass is 35.5. The first-order chi connectivity index (χ1) is 9.24. The number of nitrogens with one attached hydrogen (secondary N) is 2. The fourth-order valence-corrected chi connectivity index (χ4v) is 2.33. The molecule has 5 nitrogen and oxygen atoms in total. The van der Waals surface area contributed by atoms with Crippen LogP contribution >= 0.6 is 23.2 Å². The van der Waals surface area contributed by atoms with Crippen LogP contribution in [0.2, 0.25) is 10.0 Å². The summed E-state index contributed by atoms with van der Waals surface area (Å²) in [5.41, 5.74) is 0.878. The van der Waals surface area contributed by atoms with Crippen molar-refractivity contribution in [2.75, 3.05) is 31.1 Å². The second kappa shape index (κ2) is 5.36. The van der Waals surface area contributed by atoms with Crippen molar-refractivity contribution in [2.45, 2.75) is 0 Å². The van der Waals surface area contributed by atoms with Gasteiger partial charge in [0.05, 0.1) is 10.0 Å². The molecule has 1 aromatic heterocycles. The maximum absolute atomic E-state index is 6.01. The summed E-state index contributed by atoms with van der Waals surface area (Å²) in [5, 5.41) is 11.5. The molecule has 1 fully saturated rings. The Morgan fingerprint density at radius 2 is 1.89 bits per heavy atom. The van der Waals surface area contributed by atoms with Crippen LogP contribution in [0.4, 0.5) is 5.95 Å². The van der Waals surface area contributed by atoms with Crippen LogP contribution in [0.5, 0.6) is 0 Å². The zero-order chi connectivity index (χ0) is 13.2. The van der Waals surface area contributed by atoms with Crippen molar-refractivity contribution in [3.05, 3.63) is 28.2 Å². The maximum Gasteiger partial charge on any atom is 0.245 e. The molecule has 0 radical (unpaired) electrons. The Bertz CT molecular complexity index is 577.